The molecule has 1 saturated heterocycles. The third kappa shape index (κ3) is 5.21. The fourth-order valence-electron chi connectivity index (χ4n) is 2.27. The van der Waals surface area contributed by atoms with Crippen LogP contribution in [0.2, 0.25) is 0 Å². The van der Waals surface area contributed by atoms with E-state index < -0.39 is 0 Å². The van der Waals surface area contributed by atoms with Gasteiger partial charge in [0.15, 0.2) is 0 Å². The quantitative estimate of drug-likeness (QED) is 0.731. The maximum Gasteiger partial charge on any atom is 0.119 e. The van der Waals surface area contributed by atoms with E-state index in [1.54, 1.807) is 0 Å². The molecule has 0 amide bonds. The van der Waals surface area contributed by atoms with Crippen LogP contribution in [0.3, 0.4) is 0 Å². The van der Waals surface area contributed by atoms with Gasteiger partial charge in [-0.2, -0.15) is 0 Å². The molecule has 2 rings (SSSR count). The van der Waals surface area contributed by atoms with Crippen LogP contribution in [0.5, 0.6) is 5.75 Å². The zero-order valence-corrected chi connectivity index (χ0v) is 11.9. The highest BCUT2D eigenvalue weighted by atomic mass is 16.5. The molecule has 1 aliphatic heterocycles. The topological polar surface area (TPSA) is 30.5 Å². The molecule has 1 aliphatic rings. The molecule has 0 radical (unpaired) electrons. The molecule has 0 saturated carbocycles. The summed E-state index contributed by atoms with van der Waals surface area (Å²) in [7, 11) is 0. The summed E-state index contributed by atoms with van der Waals surface area (Å²) in [6.45, 7) is 6.81. The number of hydrogen-bond donors (Lipinski definition) is 1. The van der Waals surface area contributed by atoms with Crippen LogP contribution in [0.25, 0.3) is 0 Å². The van der Waals surface area contributed by atoms with Gasteiger partial charge in [-0.25, -0.2) is 0 Å². The molecule has 1 unspecified atom stereocenters. The van der Waals surface area contributed by atoms with Crippen molar-refractivity contribution in [3.63, 3.8) is 0 Å². The standard InChI is InChI=1S/C16H25NO2/c1-2-10-19-16-5-3-14(4-6-16)12-17-9-7-15-8-11-18-13-15/h3-6,15,17H,2,7-13H2,1H3. The lowest BCUT2D eigenvalue weighted by Crippen LogP contribution is -2.17. The monoisotopic (exact) mass is 263 g/mol. The number of hydrogen-bond acceptors (Lipinski definition) is 3. The Labute approximate surface area is 116 Å². The molecule has 0 aromatic heterocycles. The first kappa shape index (κ1) is 14.4. The van der Waals surface area contributed by atoms with Gasteiger partial charge >= 0.3 is 0 Å². The Morgan fingerprint density at radius 2 is 2.16 bits per heavy atom. The van der Waals surface area contributed by atoms with Crippen LogP contribution < -0.4 is 10.1 Å². The molecule has 1 atom stereocenters. The SMILES string of the molecule is CCCOc1ccc(CNCCC2CCOC2)cc1. The molecule has 1 N–H and O–H groups in total. The Bertz CT molecular complexity index is 344. The molecule has 19 heavy (non-hydrogen) atoms. The average molecular weight is 263 g/mol. The summed E-state index contributed by atoms with van der Waals surface area (Å²) in [5.74, 6) is 1.73. The maximum absolute atomic E-state index is 5.57. The highest BCUT2D eigenvalue weighted by Gasteiger charge is 2.14. The third-order valence-corrected chi connectivity index (χ3v) is 3.48. The largest absolute Gasteiger partial charge is 0.494 e. The molecule has 1 aromatic rings. The van der Waals surface area contributed by atoms with E-state index in [0.29, 0.717) is 0 Å². The number of nitrogens with one attached hydrogen (secondary N) is 1. The van der Waals surface area contributed by atoms with Gasteiger partial charge in [0, 0.05) is 19.8 Å². The Kier molecular flexibility index (Phi) is 6.18. The molecular formula is C16H25NO2. The van der Waals surface area contributed by atoms with Crippen molar-refractivity contribution >= 4 is 0 Å². The summed E-state index contributed by atoms with van der Waals surface area (Å²) in [6.07, 6.45) is 3.50. The van der Waals surface area contributed by atoms with Crippen LogP contribution in [0, 0.1) is 5.92 Å². The van der Waals surface area contributed by atoms with Gasteiger partial charge in [0.25, 0.3) is 0 Å². The van der Waals surface area contributed by atoms with Crippen LogP contribution in [0.15, 0.2) is 24.3 Å². The summed E-state index contributed by atoms with van der Waals surface area (Å²) in [5, 5.41) is 3.49. The summed E-state index contributed by atoms with van der Waals surface area (Å²) in [4.78, 5) is 0. The molecule has 106 valence electrons. The first-order valence-corrected chi connectivity index (χ1v) is 7.38. The van der Waals surface area contributed by atoms with Gasteiger partial charge in [-0.1, -0.05) is 19.1 Å². The molecule has 1 aromatic carbocycles. The van der Waals surface area contributed by atoms with E-state index in [0.717, 1.165) is 51.0 Å². The van der Waals surface area contributed by atoms with Crippen molar-refractivity contribution in [3.05, 3.63) is 29.8 Å². The fourth-order valence-corrected chi connectivity index (χ4v) is 2.27. The Morgan fingerprint density at radius 3 is 2.84 bits per heavy atom. The summed E-state index contributed by atoms with van der Waals surface area (Å²) in [5.41, 5.74) is 1.31. The van der Waals surface area contributed by atoms with Crippen molar-refractivity contribution in [3.8, 4) is 5.75 Å². The zero-order valence-electron chi connectivity index (χ0n) is 11.9. The normalized spacial score (nSPS) is 18.7. The smallest absolute Gasteiger partial charge is 0.119 e. The van der Waals surface area contributed by atoms with Gasteiger partial charge in [-0.05, 0) is 49.4 Å². The number of benzene rings is 1. The molecule has 1 fully saturated rings. The molecule has 3 nitrogen and oxygen atoms in total. The first-order chi connectivity index (χ1) is 9.38. The second-order valence-corrected chi connectivity index (χ2v) is 5.19. The lowest BCUT2D eigenvalue weighted by atomic mass is 10.1. The van der Waals surface area contributed by atoms with Gasteiger partial charge in [0.05, 0.1) is 6.61 Å². The van der Waals surface area contributed by atoms with E-state index in [9.17, 15) is 0 Å². The van der Waals surface area contributed by atoms with Crippen molar-refractivity contribution in [2.75, 3.05) is 26.4 Å². The second kappa shape index (κ2) is 8.18. The molecule has 0 spiro atoms. The first-order valence-electron chi connectivity index (χ1n) is 7.38. The minimum absolute atomic E-state index is 0.761. The highest BCUT2D eigenvalue weighted by molar-refractivity contribution is 5.27. The molecule has 3 heteroatoms. The van der Waals surface area contributed by atoms with Gasteiger partial charge in [0.1, 0.15) is 5.75 Å². The molecule has 1 heterocycles. The van der Waals surface area contributed by atoms with Crippen molar-refractivity contribution < 1.29 is 9.47 Å². The van der Waals surface area contributed by atoms with Gasteiger partial charge in [0.2, 0.25) is 0 Å². The van der Waals surface area contributed by atoms with E-state index in [2.05, 4.69) is 36.5 Å². The van der Waals surface area contributed by atoms with Crippen LogP contribution in [0.1, 0.15) is 31.7 Å². The van der Waals surface area contributed by atoms with E-state index in [-0.39, 0.29) is 0 Å². The van der Waals surface area contributed by atoms with E-state index in [4.69, 9.17) is 9.47 Å². The fraction of sp³-hybridized carbons (Fsp3) is 0.625. The van der Waals surface area contributed by atoms with Crippen molar-refractivity contribution in [1.82, 2.24) is 5.32 Å². The summed E-state index contributed by atoms with van der Waals surface area (Å²) < 4.78 is 10.9. The Morgan fingerprint density at radius 1 is 1.32 bits per heavy atom. The van der Waals surface area contributed by atoms with E-state index >= 15 is 0 Å². The maximum atomic E-state index is 5.57. The minimum Gasteiger partial charge on any atom is -0.494 e. The Hall–Kier alpha value is -1.06. The second-order valence-electron chi connectivity index (χ2n) is 5.19. The average Bonchev–Trinajstić information content (AvgIpc) is 2.96. The van der Waals surface area contributed by atoms with Crippen LogP contribution >= 0.6 is 0 Å². The van der Waals surface area contributed by atoms with Crippen molar-refractivity contribution in [1.29, 1.82) is 0 Å². The van der Waals surface area contributed by atoms with Gasteiger partial charge < -0.3 is 14.8 Å². The third-order valence-electron chi connectivity index (χ3n) is 3.48. The van der Waals surface area contributed by atoms with E-state index in [1.165, 1.54) is 18.4 Å². The lowest BCUT2D eigenvalue weighted by molar-refractivity contribution is 0.184. The minimum atomic E-state index is 0.761. The predicted molar refractivity (Wildman–Crippen MR) is 77.5 cm³/mol. The molecular weight excluding hydrogens is 238 g/mol. The van der Waals surface area contributed by atoms with Crippen molar-refractivity contribution in [2.45, 2.75) is 32.7 Å². The summed E-state index contributed by atoms with van der Waals surface area (Å²) in [6, 6.07) is 8.38. The number of ether oxygens (including phenoxy) is 2. The van der Waals surface area contributed by atoms with Crippen LogP contribution in [-0.4, -0.2) is 26.4 Å². The molecule has 0 aliphatic carbocycles. The zero-order chi connectivity index (χ0) is 13.3. The molecule has 0 bridgehead atoms. The lowest BCUT2D eigenvalue weighted by Gasteiger charge is -2.09. The summed E-state index contributed by atoms with van der Waals surface area (Å²) >= 11 is 0. The van der Waals surface area contributed by atoms with Crippen LogP contribution in [0.4, 0.5) is 0 Å². The Balaban J connectivity index is 1.62. The predicted octanol–water partition coefficient (Wildman–Crippen LogP) is 2.99. The van der Waals surface area contributed by atoms with E-state index in [1.807, 2.05) is 0 Å². The number of rotatable bonds is 8. The van der Waals surface area contributed by atoms with Gasteiger partial charge in [-0.3, -0.25) is 0 Å². The van der Waals surface area contributed by atoms with Crippen molar-refractivity contribution in [2.24, 2.45) is 5.92 Å². The highest BCUT2D eigenvalue weighted by Crippen LogP contribution is 2.15. The van der Waals surface area contributed by atoms with Gasteiger partial charge in [-0.15, -0.1) is 0 Å². The van der Waals surface area contributed by atoms with Crippen LogP contribution in [-0.2, 0) is 11.3 Å².